The molecule has 0 aromatic heterocycles. The second kappa shape index (κ2) is 6.89. The maximum Gasteiger partial charge on any atom is 0.159 e. The van der Waals surface area contributed by atoms with Crippen LogP contribution in [-0.4, -0.2) is 6.61 Å². The Morgan fingerprint density at radius 1 is 1.05 bits per heavy atom. The average molecular weight is 277 g/mol. The summed E-state index contributed by atoms with van der Waals surface area (Å²) in [5.41, 5.74) is 1.51. The number of ether oxygens (including phenoxy) is 1. The zero-order chi connectivity index (χ0) is 14.4. The quantitative estimate of drug-likeness (QED) is 0.846. The molecule has 0 saturated heterocycles. The molecule has 20 heavy (non-hydrogen) atoms. The standard InChI is InChI=1S/C16H17F2NO/c1-2-9-20-16-6-4-3-5-15(16)19-11-12-7-8-13(17)14(18)10-12/h3-8,10,19H,2,9,11H2,1H3. The Balaban J connectivity index is 2.04. The molecule has 0 bridgehead atoms. The normalized spacial score (nSPS) is 10.3. The second-order valence-corrected chi connectivity index (χ2v) is 4.45. The van der Waals surface area contributed by atoms with E-state index in [0.717, 1.165) is 23.9 Å². The fourth-order valence-electron chi connectivity index (χ4n) is 1.80. The number of halogens is 2. The Kier molecular flexibility index (Phi) is 4.93. The van der Waals surface area contributed by atoms with Crippen molar-refractivity contribution in [1.29, 1.82) is 0 Å². The molecule has 2 aromatic carbocycles. The van der Waals surface area contributed by atoms with Crippen LogP contribution in [0, 0.1) is 11.6 Å². The number of nitrogens with one attached hydrogen (secondary N) is 1. The molecule has 1 N–H and O–H groups in total. The van der Waals surface area contributed by atoms with Crippen LogP contribution in [0.25, 0.3) is 0 Å². The van der Waals surface area contributed by atoms with Crippen LogP contribution in [-0.2, 0) is 6.54 Å². The molecule has 0 saturated carbocycles. The van der Waals surface area contributed by atoms with Gasteiger partial charge in [-0.3, -0.25) is 0 Å². The Morgan fingerprint density at radius 2 is 1.85 bits per heavy atom. The molecule has 2 nitrogen and oxygen atoms in total. The van der Waals surface area contributed by atoms with E-state index < -0.39 is 11.6 Å². The summed E-state index contributed by atoms with van der Waals surface area (Å²) in [6, 6.07) is 11.4. The zero-order valence-electron chi connectivity index (χ0n) is 11.3. The highest BCUT2D eigenvalue weighted by Crippen LogP contribution is 2.24. The lowest BCUT2D eigenvalue weighted by Gasteiger charge is -2.12. The van der Waals surface area contributed by atoms with Crippen LogP contribution in [0.3, 0.4) is 0 Å². The topological polar surface area (TPSA) is 21.3 Å². The molecular formula is C16H17F2NO. The van der Waals surface area contributed by atoms with Crippen LogP contribution in [0.4, 0.5) is 14.5 Å². The first-order chi connectivity index (χ1) is 9.70. The minimum absolute atomic E-state index is 0.406. The van der Waals surface area contributed by atoms with E-state index in [1.165, 1.54) is 6.07 Å². The SMILES string of the molecule is CCCOc1ccccc1NCc1ccc(F)c(F)c1. The Labute approximate surface area is 117 Å². The van der Waals surface area contributed by atoms with E-state index in [1.54, 1.807) is 6.07 Å². The summed E-state index contributed by atoms with van der Waals surface area (Å²) < 4.78 is 31.6. The fourth-order valence-corrected chi connectivity index (χ4v) is 1.80. The van der Waals surface area contributed by atoms with Gasteiger partial charge in [0.15, 0.2) is 11.6 Å². The average Bonchev–Trinajstić information content (AvgIpc) is 2.47. The maximum absolute atomic E-state index is 13.1. The summed E-state index contributed by atoms with van der Waals surface area (Å²) in [5.74, 6) is -0.905. The van der Waals surface area contributed by atoms with E-state index >= 15 is 0 Å². The van der Waals surface area contributed by atoms with E-state index in [0.29, 0.717) is 18.7 Å². The molecule has 0 aliphatic heterocycles. The summed E-state index contributed by atoms with van der Waals surface area (Å²) >= 11 is 0. The molecule has 0 fully saturated rings. The second-order valence-electron chi connectivity index (χ2n) is 4.45. The smallest absolute Gasteiger partial charge is 0.159 e. The highest BCUT2D eigenvalue weighted by molar-refractivity contribution is 5.56. The fraction of sp³-hybridized carbons (Fsp3) is 0.250. The van der Waals surface area contributed by atoms with Crippen molar-refractivity contribution < 1.29 is 13.5 Å². The molecule has 0 atom stereocenters. The van der Waals surface area contributed by atoms with Gasteiger partial charge in [-0.15, -0.1) is 0 Å². The molecular weight excluding hydrogens is 260 g/mol. The van der Waals surface area contributed by atoms with Gasteiger partial charge in [-0.25, -0.2) is 8.78 Å². The van der Waals surface area contributed by atoms with Gasteiger partial charge in [0.05, 0.1) is 12.3 Å². The van der Waals surface area contributed by atoms with Gasteiger partial charge >= 0.3 is 0 Å². The Bertz CT molecular complexity index is 572. The van der Waals surface area contributed by atoms with Crippen molar-refractivity contribution in [3.05, 3.63) is 59.7 Å². The predicted octanol–water partition coefficient (Wildman–Crippen LogP) is 4.37. The highest BCUT2D eigenvalue weighted by Gasteiger charge is 2.05. The van der Waals surface area contributed by atoms with Crippen molar-refractivity contribution in [2.24, 2.45) is 0 Å². The Morgan fingerprint density at radius 3 is 2.60 bits per heavy atom. The molecule has 2 rings (SSSR count). The number of hydrogen-bond donors (Lipinski definition) is 1. The number of rotatable bonds is 6. The first-order valence-corrected chi connectivity index (χ1v) is 6.60. The lowest BCUT2D eigenvalue weighted by Crippen LogP contribution is -2.04. The minimum atomic E-state index is -0.834. The molecule has 0 heterocycles. The number of para-hydroxylation sites is 2. The van der Waals surface area contributed by atoms with E-state index in [2.05, 4.69) is 5.32 Å². The van der Waals surface area contributed by atoms with Gasteiger partial charge in [0.25, 0.3) is 0 Å². The molecule has 2 aromatic rings. The minimum Gasteiger partial charge on any atom is -0.491 e. The summed E-state index contributed by atoms with van der Waals surface area (Å²) in [6.45, 7) is 3.09. The third-order valence-corrected chi connectivity index (χ3v) is 2.82. The third-order valence-electron chi connectivity index (χ3n) is 2.82. The monoisotopic (exact) mass is 277 g/mol. The summed E-state index contributed by atoms with van der Waals surface area (Å²) in [5, 5.41) is 3.17. The van der Waals surface area contributed by atoms with E-state index in [1.807, 2.05) is 31.2 Å². The van der Waals surface area contributed by atoms with Gasteiger partial charge in [0.2, 0.25) is 0 Å². The molecule has 0 aliphatic carbocycles. The molecule has 0 unspecified atom stereocenters. The van der Waals surface area contributed by atoms with Gasteiger partial charge in [-0.1, -0.05) is 25.1 Å². The summed E-state index contributed by atoms with van der Waals surface area (Å²) in [7, 11) is 0. The predicted molar refractivity (Wildman–Crippen MR) is 75.9 cm³/mol. The van der Waals surface area contributed by atoms with Crippen molar-refractivity contribution in [3.63, 3.8) is 0 Å². The van der Waals surface area contributed by atoms with E-state index in [9.17, 15) is 8.78 Å². The molecule has 0 spiro atoms. The van der Waals surface area contributed by atoms with E-state index in [4.69, 9.17) is 4.74 Å². The first-order valence-electron chi connectivity index (χ1n) is 6.60. The van der Waals surface area contributed by atoms with Gasteiger partial charge in [-0.05, 0) is 36.2 Å². The summed E-state index contributed by atoms with van der Waals surface area (Å²) in [4.78, 5) is 0. The van der Waals surface area contributed by atoms with Crippen molar-refractivity contribution in [2.75, 3.05) is 11.9 Å². The zero-order valence-corrected chi connectivity index (χ0v) is 11.3. The van der Waals surface area contributed by atoms with Crippen LogP contribution in [0.15, 0.2) is 42.5 Å². The lowest BCUT2D eigenvalue weighted by molar-refractivity contribution is 0.319. The molecule has 4 heteroatoms. The van der Waals surface area contributed by atoms with Gasteiger partial charge in [0.1, 0.15) is 5.75 Å². The van der Waals surface area contributed by atoms with Crippen LogP contribution in [0.5, 0.6) is 5.75 Å². The summed E-state index contributed by atoms with van der Waals surface area (Å²) in [6.07, 6.45) is 0.928. The number of benzene rings is 2. The van der Waals surface area contributed by atoms with Crippen molar-refractivity contribution in [1.82, 2.24) is 0 Å². The molecule has 0 radical (unpaired) electrons. The van der Waals surface area contributed by atoms with E-state index in [-0.39, 0.29) is 0 Å². The van der Waals surface area contributed by atoms with Crippen LogP contribution < -0.4 is 10.1 Å². The van der Waals surface area contributed by atoms with Crippen molar-refractivity contribution in [3.8, 4) is 5.75 Å². The van der Waals surface area contributed by atoms with Crippen molar-refractivity contribution >= 4 is 5.69 Å². The van der Waals surface area contributed by atoms with Crippen LogP contribution in [0.1, 0.15) is 18.9 Å². The number of anilines is 1. The van der Waals surface area contributed by atoms with Crippen LogP contribution in [0.2, 0.25) is 0 Å². The largest absolute Gasteiger partial charge is 0.491 e. The van der Waals surface area contributed by atoms with Crippen LogP contribution >= 0.6 is 0 Å². The van der Waals surface area contributed by atoms with Crippen molar-refractivity contribution in [2.45, 2.75) is 19.9 Å². The highest BCUT2D eigenvalue weighted by atomic mass is 19.2. The maximum atomic E-state index is 13.1. The third kappa shape index (κ3) is 3.70. The molecule has 0 amide bonds. The number of hydrogen-bond acceptors (Lipinski definition) is 2. The lowest BCUT2D eigenvalue weighted by atomic mass is 10.2. The van der Waals surface area contributed by atoms with Gasteiger partial charge in [0, 0.05) is 6.54 Å². The first kappa shape index (κ1) is 14.3. The van der Waals surface area contributed by atoms with Gasteiger partial charge in [-0.2, -0.15) is 0 Å². The molecule has 106 valence electrons. The molecule has 0 aliphatic rings. The Hall–Kier alpha value is -2.10. The van der Waals surface area contributed by atoms with Gasteiger partial charge < -0.3 is 10.1 Å².